The number of aromatic nitrogens is 3. The first kappa shape index (κ1) is 23.7. The molecule has 2 aromatic carbocycles. The summed E-state index contributed by atoms with van der Waals surface area (Å²) in [6, 6.07) is 10.1. The van der Waals surface area contributed by atoms with E-state index in [1.54, 1.807) is 66.6 Å². The number of nitrogens with zero attached hydrogens (tertiary/aromatic N) is 4. The predicted molar refractivity (Wildman–Crippen MR) is 128 cm³/mol. The second-order valence-corrected chi connectivity index (χ2v) is 8.68. The summed E-state index contributed by atoms with van der Waals surface area (Å²) in [5, 5.41) is 2.73. The third-order valence-electron chi connectivity index (χ3n) is 6.04. The quantitative estimate of drug-likeness (QED) is 0.301. The first-order chi connectivity index (χ1) is 17.2. The lowest BCUT2D eigenvalue weighted by molar-refractivity contribution is -0.147. The molecule has 5 rings (SSSR count). The topological polar surface area (TPSA) is 63.1 Å². The van der Waals surface area contributed by atoms with E-state index >= 15 is 4.39 Å². The zero-order chi connectivity index (χ0) is 25.4. The maximum atomic E-state index is 15.3. The molecule has 4 aromatic rings. The Hall–Kier alpha value is -4.05. The Balaban J connectivity index is 1.33. The van der Waals surface area contributed by atoms with Crippen molar-refractivity contribution in [1.29, 1.82) is 0 Å². The van der Waals surface area contributed by atoms with Crippen molar-refractivity contribution in [3.63, 3.8) is 0 Å². The number of aryl methyl sites for hydroxylation is 1. The number of halogens is 4. The number of rotatable bonds is 5. The average Bonchev–Trinajstić information content (AvgIpc) is 3.39. The minimum Gasteiger partial charge on any atom is -0.331 e. The van der Waals surface area contributed by atoms with Crippen LogP contribution in [-0.2, 0) is 24.9 Å². The van der Waals surface area contributed by atoms with Crippen LogP contribution in [0.3, 0.4) is 0 Å². The van der Waals surface area contributed by atoms with Gasteiger partial charge in [0.2, 0.25) is 5.91 Å². The molecule has 0 saturated carbocycles. The Morgan fingerprint density at radius 3 is 2.72 bits per heavy atom. The van der Waals surface area contributed by atoms with E-state index in [-0.39, 0.29) is 13.1 Å². The SMILES string of the molecule is Cn1cnc2ccc(-c3ccncc3C=CC(=O)Nc3ccc4c(c3)CN(CC(F)(F)F)C4)c(F)c21. The lowest BCUT2D eigenvalue weighted by Crippen LogP contribution is -2.29. The van der Waals surface area contributed by atoms with Gasteiger partial charge in [-0.2, -0.15) is 13.2 Å². The maximum absolute atomic E-state index is 15.3. The van der Waals surface area contributed by atoms with Crippen LogP contribution in [-0.4, -0.2) is 38.1 Å². The molecule has 1 aliphatic heterocycles. The number of benzene rings is 2. The lowest BCUT2D eigenvalue weighted by Gasteiger charge is -2.16. The molecule has 1 amide bonds. The van der Waals surface area contributed by atoms with E-state index in [1.807, 2.05) is 0 Å². The van der Waals surface area contributed by atoms with Crippen molar-refractivity contribution in [1.82, 2.24) is 19.4 Å². The Labute approximate surface area is 203 Å². The second kappa shape index (κ2) is 9.19. The molecular weight excluding hydrogens is 474 g/mol. The number of pyridine rings is 1. The van der Waals surface area contributed by atoms with Crippen LogP contribution >= 0.6 is 0 Å². The van der Waals surface area contributed by atoms with Crippen LogP contribution in [0.4, 0.5) is 23.2 Å². The minimum atomic E-state index is -4.26. The molecule has 36 heavy (non-hydrogen) atoms. The Kier molecular flexibility index (Phi) is 6.05. The Morgan fingerprint density at radius 2 is 1.92 bits per heavy atom. The molecule has 1 aliphatic rings. The van der Waals surface area contributed by atoms with Gasteiger partial charge < -0.3 is 9.88 Å². The largest absolute Gasteiger partial charge is 0.401 e. The number of hydrogen-bond donors (Lipinski definition) is 1. The summed E-state index contributed by atoms with van der Waals surface area (Å²) in [7, 11) is 1.71. The van der Waals surface area contributed by atoms with Crippen LogP contribution in [0.2, 0.25) is 0 Å². The zero-order valence-electron chi connectivity index (χ0n) is 19.2. The number of alkyl halides is 3. The Morgan fingerprint density at radius 1 is 1.11 bits per heavy atom. The van der Waals surface area contributed by atoms with Gasteiger partial charge in [0.1, 0.15) is 5.52 Å². The standard InChI is InChI=1S/C26H21F4N5O/c1-34-15-32-22-6-5-21(24(27)25(22)34)20-8-9-31-11-16(20)3-7-23(36)33-19-4-2-17-12-35(13-18(17)10-19)14-26(28,29)30/h2-11,15H,12-14H2,1H3,(H,33,36). The average molecular weight is 495 g/mol. The fourth-order valence-electron chi connectivity index (χ4n) is 4.45. The van der Waals surface area contributed by atoms with Crippen molar-refractivity contribution < 1.29 is 22.4 Å². The molecule has 0 spiro atoms. The number of amides is 1. The van der Waals surface area contributed by atoms with E-state index in [1.165, 1.54) is 17.2 Å². The highest BCUT2D eigenvalue weighted by Crippen LogP contribution is 2.31. The van der Waals surface area contributed by atoms with Crippen LogP contribution < -0.4 is 5.32 Å². The highest BCUT2D eigenvalue weighted by Gasteiger charge is 2.33. The molecular formula is C26H21F4N5O. The number of fused-ring (bicyclic) bond motifs is 2. The molecule has 0 saturated heterocycles. The molecule has 0 fully saturated rings. The fourth-order valence-corrected chi connectivity index (χ4v) is 4.45. The summed E-state index contributed by atoms with van der Waals surface area (Å²) >= 11 is 0. The molecule has 0 atom stereocenters. The van der Waals surface area contributed by atoms with Crippen molar-refractivity contribution in [2.24, 2.45) is 7.05 Å². The van der Waals surface area contributed by atoms with Gasteiger partial charge in [0, 0.05) is 55.4 Å². The van der Waals surface area contributed by atoms with Crippen molar-refractivity contribution >= 4 is 28.7 Å². The maximum Gasteiger partial charge on any atom is 0.401 e. The van der Waals surface area contributed by atoms with Crippen LogP contribution in [0.15, 0.2) is 61.2 Å². The number of carbonyl (C=O) groups is 1. The van der Waals surface area contributed by atoms with Crippen LogP contribution in [0.5, 0.6) is 0 Å². The van der Waals surface area contributed by atoms with Crippen molar-refractivity contribution in [2.75, 3.05) is 11.9 Å². The van der Waals surface area contributed by atoms with Gasteiger partial charge in [-0.1, -0.05) is 6.07 Å². The van der Waals surface area contributed by atoms with Crippen molar-refractivity contribution in [3.05, 3.63) is 83.7 Å². The molecule has 0 bridgehead atoms. The van der Waals surface area contributed by atoms with E-state index in [4.69, 9.17) is 0 Å². The highest BCUT2D eigenvalue weighted by atomic mass is 19.4. The third-order valence-corrected chi connectivity index (χ3v) is 6.04. The molecule has 2 aromatic heterocycles. The summed E-state index contributed by atoms with van der Waals surface area (Å²) in [5.41, 5.74) is 4.42. The van der Waals surface area contributed by atoms with E-state index < -0.39 is 24.4 Å². The first-order valence-electron chi connectivity index (χ1n) is 11.1. The van der Waals surface area contributed by atoms with Gasteiger partial charge in [-0.25, -0.2) is 9.37 Å². The molecule has 0 radical (unpaired) electrons. The molecule has 10 heteroatoms. The monoisotopic (exact) mass is 495 g/mol. The number of imidazole rings is 1. The van der Waals surface area contributed by atoms with E-state index in [0.29, 0.717) is 33.4 Å². The number of nitrogens with one attached hydrogen (secondary N) is 1. The normalized spacial score (nSPS) is 14.0. The number of carbonyl (C=O) groups excluding carboxylic acids is 1. The predicted octanol–water partition coefficient (Wildman–Crippen LogP) is 5.30. The molecule has 3 heterocycles. The number of hydrogen-bond acceptors (Lipinski definition) is 4. The van der Waals surface area contributed by atoms with Gasteiger partial charge >= 0.3 is 6.18 Å². The Bertz CT molecular complexity index is 1490. The fraction of sp³-hybridized carbons (Fsp3) is 0.192. The van der Waals surface area contributed by atoms with Crippen molar-refractivity contribution in [2.45, 2.75) is 19.3 Å². The van der Waals surface area contributed by atoms with Gasteiger partial charge in [0.15, 0.2) is 5.82 Å². The third kappa shape index (κ3) is 4.85. The summed E-state index contributed by atoms with van der Waals surface area (Å²) in [6.07, 6.45) is 3.22. The zero-order valence-corrected chi connectivity index (χ0v) is 19.2. The lowest BCUT2D eigenvalue weighted by atomic mass is 10.00. The van der Waals surface area contributed by atoms with Crippen LogP contribution in [0.1, 0.15) is 16.7 Å². The number of anilines is 1. The summed E-state index contributed by atoms with van der Waals surface area (Å²) in [4.78, 5) is 22.1. The smallest absolute Gasteiger partial charge is 0.331 e. The van der Waals surface area contributed by atoms with Crippen molar-refractivity contribution in [3.8, 4) is 11.1 Å². The second-order valence-electron chi connectivity index (χ2n) is 8.68. The molecule has 6 nitrogen and oxygen atoms in total. The molecule has 184 valence electrons. The van der Waals surface area contributed by atoms with Gasteiger partial charge in [-0.05, 0) is 53.1 Å². The van der Waals surface area contributed by atoms with E-state index in [0.717, 1.165) is 11.1 Å². The summed E-state index contributed by atoms with van der Waals surface area (Å²) < 4.78 is 55.0. The van der Waals surface area contributed by atoms with Crippen LogP contribution in [0.25, 0.3) is 28.2 Å². The van der Waals surface area contributed by atoms with Gasteiger partial charge in [0.25, 0.3) is 0 Å². The van der Waals surface area contributed by atoms with Gasteiger partial charge in [0.05, 0.1) is 18.4 Å². The van der Waals surface area contributed by atoms with Crippen LogP contribution in [0, 0.1) is 5.82 Å². The van der Waals surface area contributed by atoms with E-state index in [9.17, 15) is 18.0 Å². The highest BCUT2D eigenvalue weighted by molar-refractivity contribution is 6.02. The van der Waals surface area contributed by atoms with E-state index in [2.05, 4.69) is 15.3 Å². The summed E-state index contributed by atoms with van der Waals surface area (Å²) in [5.74, 6) is -0.854. The first-order valence-corrected chi connectivity index (χ1v) is 11.1. The molecule has 0 unspecified atom stereocenters. The molecule has 1 N–H and O–H groups in total. The molecule has 0 aliphatic carbocycles. The minimum absolute atomic E-state index is 0.167. The summed E-state index contributed by atoms with van der Waals surface area (Å²) in [6.45, 7) is -0.596. The van der Waals surface area contributed by atoms with Gasteiger partial charge in [-0.3, -0.25) is 14.7 Å². The van der Waals surface area contributed by atoms with Gasteiger partial charge in [-0.15, -0.1) is 0 Å².